The molecular formula is C11H20N4. The highest BCUT2D eigenvalue weighted by Gasteiger charge is 2.17. The van der Waals surface area contributed by atoms with Crippen molar-refractivity contribution >= 4 is 0 Å². The second kappa shape index (κ2) is 5.28. The number of nitrogens with one attached hydrogen (secondary N) is 2. The summed E-state index contributed by atoms with van der Waals surface area (Å²) in [4.78, 5) is 9.82. The molecular weight excluding hydrogens is 188 g/mol. The fraction of sp³-hybridized carbons (Fsp3) is 0.727. The van der Waals surface area contributed by atoms with Crippen LogP contribution in [0.1, 0.15) is 25.6 Å². The molecule has 1 aliphatic rings. The number of nitrogens with zero attached hydrogens (tertiary/aromatic N) is 2. The lowest BCUT2D eigenvalue weighted by Crippen LogP contribution is -2.42. The van der Waals surface area contributed by atoms with Crippen LogP contribution < -0.4 is 5.32 Å². The zero-order valence-electron chi connectivity index (χ0n) is 9.37. The van der Waals surface area contributed by atoms with Gasteiger partial charge in [0.25, 0.3) is 0 Å². The molecule has 1 aromatic rings. The van der Waals surface area contributed by atoms with Gasteiger partial charge < -0.3 is 15.2 Å². The molecule has 0 spiro atoms. The first-order valence-electron chi connectivity index (χ1n) is 5.82. The van der Waals surface area contributed by atoms with Crippen LogP contribution in [0.4, 0.5) is 0 Å². The smallest absolute Gasteiger partial charge is 0.120 e. The van der Waals surface area contributed by atoms with Gasteiger partial charge in [-0.05, 0) is 32.5 Å². The van der Waals surface area contributed by atoms with Crippen molar-refractivity contribution in [1.82, 2.24) is 20.2 Å². The largest absolute Gasteiger partial charge is 0.348 e. The molecule has 15 heavy (non-hydrogen) atoms. The lowest BCUT2D eigenvalue weighted by Gasteiger charge is -2.31. The molecule has 1 aliphatic heterocycles. The van der Waals surface area contributed by atoms with Crippen molar-refractivity contribution in [1.29, 1.82) is 0 Å². The van der Waals surface area contributed by atoms with E-state index in [0.717, 1.165) is 12.4 Å². The van der Waals surface area contributed by atoms with Crippen LogP contribution in [0.2, 0.25) is 0 Å². The molecule has 0 bridgehead atoms. The Labute approximate surface area is 91.1 Å². The number of imidazole rings is 1. The van der Waals surface area contributed by atoms with Crippen molar-refractivity contribution < 1.29 is 0 Å². The van der Waals surface area contributed by atoms with Crippen LogP contribution in [-0.4, -0.2) is 40.5 Å². The number of hydrogen-bond acceptors (Lipinski definition) is 3. The third-order valence-corrected chi connectivity index (χ3v) is 3.15. The van der Waals surface area contributed by atoms with Gasteiger partial charge in [0.05, 0.1) is 6.54 Å². The molecule has 0 aliphatic carbocycles. The van der Waals surface area contributed by atoms with Crippen molar-refractivity contribution in [3.8, 4) is 0 Å². The van der Waals surface area contributed by atoms with E-state index in [4.69, 9.17) is 0 Å². The van der Waals surface area contributed by atoms with Gasteiger partial charge in [0, 0.05) is 18.4 Å². The van der Waals surface area contributed by atoms with E-state index in [9.17, 15) is 0 Å². The molecule has 1 aromatic heterocycles. The van der Waals surface area contributed by atoms with E-state index in [-0.39, 0.29) is 0 Å². The van der Waals surface area contributed by atoms with E-state index in [0.29, 0.717) is 6.04 Å². The van der Waals surface area contributed by atoms with E-state index < -0.39 is 0 Å². The molecule has 2 N–H and O–H groups in total. The van der Waals surface area contributed by atoms with Gasteiger partial charge in [-0.1, -0.05) is 6.92 Å². The van der Waals surface area contributed by atoms with Gasteiger partial charge in [0.1, 0.15) is 5.82 Å². The van der Waals surface area contributed by atoms with E-state index in [2.05, 4.69) is 27.1 Å². The lowest BCUT2D eigenvalue weighted by atomic mass is 10.1. The maximum atomic E-state index is 4.20. The Balaban J connectivity index is 1.69. The molecule has 1 saturated heterocycles. The molecule has 84 valence electrons. The van der Waals surface area contributed by atoms with Gasteiger partial charge in [0.2, 0.25) is 0 Å². The molecule has 0 aromatic carbocycles. The summed E-state index contributed by atoms with van der Waals surface area (Å²) >= 11 is 0. The van der Waals surface area contributed by atoms with Gasteiger partial charge in [-0.15, -0.1) is 0 Å². The van der Waals surface area contributed by atoms with E-state index >= 15 is 0 Å². The summed E-state index contributed by atoms with van der Waals surface area (Å²) < 4.78 is 0. The Morgan fingerprint density at radius 2 is 2.33 bits per heavy atom. The van der Waals surface area contributed by atoms with Gasteiger partial charge in [-0.25, -0.2) is 4.98 Å². The fourth-order valence-corrected chi connectivity index (χ4v) is 2.09. The summed E-state index contributed by atoms with van der Waals surface area (Å²) in [6, 6.07) is 0.665. The van der Waals surface area contributed by atoms with E-state index in [1.165, 1.54) is 32.5 Å². The number of piperidine rings is 1. The summed E-state index contributed by atoms with van der Waals surface area (Å²) in [6.07, 6.45) is 6.19. The highest BCUT2D eigenvalue weighted by Crippen LogP contribution is 2.09. The average molecular weight is 208 g/mol. The molecule has 0 radical (unpaired) electrons. The topological polar surface area (TPSA) is 44.0 Å². The molecule has 4 heteroatoms. The van der Waals surface area contributed by atoms with Gasteiger partial charge in [-0.3, -0.25) is 0 Å². The minimum absolute atomic E-state index is 0.665. The zero-order chi connectivity index (χ0) is 10.5. The van der Waals surface area contributed by atoms with Crippen molar-refractivity contribution in [3.63, 3.8) is 0 Å². The number of aromatic nitrogens is 2. The average Bonchev–Trinajstić information content (AvgIpc) is 2.80. The van der Waals surface area contributed by atoms with Crippen molar-refractivity contribution in [2.45, 2.75) is 32.4 Å². The Hall–Kier alpha value is -0.870. The van der Waals surface area contributed by atoms with Crippen LogP contribution >= 0.6 is 0 Å². The standard InChI is InChI=1S/C11H20N4/c1-2-15-7-3-10(4-8-15)14-9-11-12-5-6-13-11/h5-6,10,14H,2-4,7-9H2,1H3,(H,12,13). The Kier molecular flexibility index (Phi) is 3.75. The maximum absolute atomic E-state index is 4.20. The van der Waals surface area contributed by atoms with Crippen LogP contribution in [0.15, 0.2) is 12.4 Å². The predicted octanol–water partition coefficient (Wildman–Crippen LogP) is 0.984. The van der Waals surface area contributed by atoms with Crippen molar-refractivity contribution in [2.24, 2.45) is 0 Å². The molecule has 4 nitrogen and oxygen atoms in total. The summed E-state index contributed by atoms with van der Waals surface area (Å²) in [7, 11) is 0. The lowest BCUT2D eigenvalue weighted by molar-refractivity contribution is 0.205. The molecule has 1 fully saturated rings. The molecule has 0 saturated carbocycles. The molecule has 2 rings (SSSR count). The minimum atomic E-state index is 0.665. The number of H-pyrrole nitrogens is 1. The van der Waals surface area contributed by atoms with Crippen LogP contribution in [0.5, 0.6) is 0 Å². The monoisotopic (exact) mass is 208 g/mol. The number of likely N-dealkylation sites (tertiary alicyclic amines) is 1. The minimum Gasteiger partial charge on any atom is -0.348 e. The third-order valence-electron chi connectivity index (χ3n) is 3.15. The van der Waals surface area contributed by atoms with E-state index in [1.54, 1.807) is 6.20 Å². The summed E-state index contributed by atoms with van der Waals surface area (Å²) in [6.45, 7) is 6.74. The van der Waals surface area contributed by atoms with Crippen molar-refractivity contribution in [2.75, 3.05) is 19.6 Å². The van der Waals surface area contributed by atoms with Crippen molar-refractivity contribution in [3.05, 3.63) is 18.2 Å². The number of hydrogen-bond donors (Lipinski definition) is 2. The quantitative estimate of drug-likeness (QED) is 0.775. The predicted molar refractivity (Wildman–Crippen MR) is 60.6 cm³/mol. The van der Waals surface area contributed by atoms with Gasteiger partial charge in [-0.2, -0.15) is 0 Å². The molecule has 0 unspecified atom stereocenters. The molecule has 0 amide bonds. The third kappa shape index (κ3) is 3.04. The molecule has 0 atom stereocenters. The van der Waals surface area contributed by atoms with Gasteiger partial charge >= 0.3 is 0 Å². The Bertz CT molecular complexity index is 262. The van der Waals surface area contributed by atoms with Crippen LogP contribution in [0, 0.1) is 0 Å². The van der Waals surface area contributed by atoms with E-state index in [1.807, 2.05) is 6.20 Å². The van der Waals surface area contributed by atoms with Crippen LogP contribution in [0.3, 0.4) is 0 Å². The van der Waals surface area contributed by atoms with Crippen LogP contribution in [0.25, 0.3) is 0 Å². The number of rotatable bonds is 4. The first-order valence-corrected chi connectivity index (χ1v) is 5.82. The van der Waals surface area contributed by atoms with Gasteiger partial charge in [0.15, 0.2) is 0 Å². The fourth-order valence-electron chi connectivity index (χ4n) is 2.09. The second-order valence-corrected chi connectivity index (χ2v) is 4.13. The summed E-state index contributed by atoms with van der Waals surface area (Å²) in [5, 5.41) is 3.55. The Morgan fingerprint density at radius 1 is 1.53 bits per heavy atom. The maximum Gasteiger partial charge on any atom is 0.120 e. The Morgan fingerprint density at radius 3 is 2.93 bits per heavy atom. The second-order valence-electron chi connectivity index (χ2n) is 4.13. The highest BCUT2D eigenvalue weighted by atomic mass is 15.1. The SMILES string of the molecule is CCN1CCC(NCc2ncc[nH]2)CC1. The zero-order valence-corrected chi connectivity index (χ0v) is 9.37. The highest BCUT2D eigenvalue weighted by molar-refractivity contribution is 4.87. The molecule has 2 heterocycles. The first kappa shape index (κ1) is 10.6. The first-order chi connectivity index (χ1) is 7.38. The summed E-state index contributed by atoms with van der Waals surface area (Å²) in [5.41, 5.74) is 0. The normalized spacial score (nSPS) is 19.5. The number of aromatic amines is 1. The van der Waals surface area contributed by atoms with Crippen LogP contribution in [-0.2, 0) is 6.54 Å². The summed E-state index contributed by atoms with van der Waals surface area (Å²) in [5.74, 6) is 1.04.